The second kappa shape index (κ2) is 10.9. The topological polar surface area (TPSA) is 64.0 Å². The summed E-state index contributed by atoms with van der Waals surface area (Å²) < 4.78 is 1.49. The van der Waals surface area contributed by atoms with Gasteiger partial charge < -0.3 is 5.32 Å². The molecule has 158 valence electrons. The van der Waals surface area contributed by atoms with Crippen LogP contribution in [-0.2, 0) is 11.2 Å². The van der Waals surface area contributed by atoms with Crippen LogP contribution in [0.15, 0.2) is 18.2 Å². The number of aryl methyl sites for hydroxylation is 3. The van der Waals surface area contributed by atoms with Gasteiger partial charge in [-0.3, -0.25) is 9.59 Å². The first-order chi connectivity index (χ1) is 13.8. The van der Waals surface area contributed by atoms with Crippen LogP contribution >= 0.6 is 0 Å². The lowest BCUT2D eigenvalue weighted by Gasteiger charge is -2.09. The standard InChI is InChI=1S/C24H35N3O2/c1-6-7-8-9-10-11-21-19(4)26-27(20(21)5)24(29)15-14-23(28)25-22-16-17(2)12-13-18(22)3/h12-13,16H,6-11,14-15H2,1-5H3,(H,25,28). The number of hydrogen-bond acceptors (Lipinski definition) is 3. The van der Waals surface area contributed by atoms with E-state index in [9.17, 15) is 9.59 Å². The highest BCUT2D eigenvalue weighted by Crippen LogP contribution is 2.19. The molecule has 29 heavy (non-hydrogen) atoms. The molecule has 0 aliphatic rings. The van der Waals surface area contributed by atoms with Crippen LogP contribution in [0.25, 0.3) is 0 Å². The highest BCUT2D eigenvalue weighted by atomic mass is 16.2. The molecule has 0 atom stereocenters. The van der Waals surface area contributed by atoms with Gasteiger partial charge in [0.1, 0.15) is 0 Å². The second-order valence-electron chi connectivity index (χ2n) is 7.99. The van der Waals surface area contributed by atoms with E-state index in [1.54, 1.807) is 0 Å². The molecule has 5 heteroatoms. The number of anilines is 1. The van der Waals surface area contributed by atoms with E-state index < -0.39 is 0 Å². The maximum absolute atomic E-state index is 12.6. The number of benzene rings is 1. The molecule has 2 aromatic rings. The minimum Gasteiger partial charge on any atom is -0.326 e. The van der Waals surface area contributed by atoms with Crippen LogP contribution in [0.5, 0.6) is 0 Å². The van der Waals surface area contributed by atoms with Gasteiger partial charge >= 0.3 is 0 Å². The molecule has 1 aromatic carbocycles. The number of nitrogens with one attached hydrogen (secondary N) is 1. The van der Waals surface area contributed by atoms with Gasteiger partial charge in [-0.25, -0.2) is 4.68 Å². The van der Waals surface area contributed by atoms with Gasteiger partial charge in [-0.2, -0.15) is 5.10 Å². The van der Waals surface area contributed by atoms with Crippen molar-refractivity contribution in [3.63, 3.8) is 0 Å². The van der Waals surface area contributed by atoms with Gasteiger partial charge in [-0.15, -0.1) is 0 Å². The molecule has 2 rings (SSSR count). The van der Waals surface area contributed by atoms with Crippen molar-refractivity contribution in [2.24, 2.45) is 0 Å². The lowest BCUT2D eigenvalue weighted by Crippen LogP contribution is -2.19. The number of unbranched alkanes of at least 4 members (excludes halogenated alkanes) is 4. The van der Waals surface area contributed by atoms with E-state index in [0.29, 0.717) is 0 Å². The average Bonchev–Trinajstić information content (AvgIpc) is 2.97. The molecule has 1 amide bonds. The Kier molecular flexibility index (Phi) is 8.62. The fourth-order valence-corrected chi connectivity index (χ4v) is 3.59. The number of hydrogen-bond donors (Lipinski definition) is 1. The summed E-state index contributed by atoms with van der Waals surface area (Å²) in [5, 5.41) is 7.36. The Balaban J connectivity index is 1.91. The van der Waals surface area contributed by atoms with Crippen LogP contribution in [0.2, 0.25) is 0 Å². The number of nitrogens with zero attached hydrogens (tertiary/aromatic N) is 2. The fraction of sp³-hybridized carbons (Fsp3) is 0.542. The molecule has 0 saturated heterocycles. The van der Waals surface area contributed by atoms with Gasteiger partial charge in [0, 0.05) is 24.2 Å². The zero-order chi connectivity index (χ0) is 21.4. The quantitative estimate of drug-likeness (QED) is 0.524. The first-order valence-corrected chi connectivity index (χ1v) is 10.8. The molecule has 0 radical (unpaired) electrons. The molecule has 1 aromatic heterocycles. The van der Waals surface area contributed by atoms with Gasteiger partial charge in [0.05, 0.1) is 5.69 Å². The first-order valence-electron chi connectivity index (χ1n) is 10.8. The number of carbonyl (C=O) groups is 2. The van der Waals surface area contributed by atoms with Crippen molar-refractivity contribution in [2.45, 2.75) is 86.0 Å². The molecular weight excluding hydrogens is 362 g/mol. The highest BCUT2D eigenvalue weighted by Gasteiger charge is 2.17. The average molecular weight is 398 g/mol. The first kappa shape index (κ1) is 22.9. The van der Waals surface area contributed by atoms with E-state index in [1.807, 2.05) is 45.9 Å². The van der Waals surface area contributed by atoms with E-state index in [2.05, 4.69) is 17.3 Å². The summed E-state index contributed by atoms with van der Waals surface area (Å²) in [7, 11) is 0. The monoisotopic (exact) mass is 397 g/mol. The van der Waals surface area contributed by atoms with Crippen molar-refractivity contribution in [1.82, 2.24) is 9.78 Å². The molecule has 0 fully saturated rings. The molecule has 0 saturated carbocycles. The maximum atomic E-state index is 12.6. The van der Waals surface area contributed by atoms with Crippen LogP contribution in [0.3, 0.4) is 0 Å². The highest BCUT2D eigenvalue weighted by molar-refractivity contribution is 5.94. The molecule has 0 spiro atoms. The lowest BCUT2D eigenvalue weighted by molar-refractivity contribution is -0.116. The van der Waals surface area contributed by atoms with Crippen molar-refractivity contribution in [2.75, 3.05) is 5.32 Å². The molecular formula is C24H35N3O2. The van der Waals surface area contributed by atoms with E-state index >= 15 is 0 Å². The number of aromatic nitrogens is 2. The van der Waals surface area contributed by atoms with Crippen molar-refractivity contribution in [3.05, 3.63) is 46.3 Å². The summed E-state index contributed by atoms with van der Waals surface area (Å²) in [5.74, 6) is -0.274. The fourth-order valence-electron chi connectivity index (χ4n) is 3.59. The Hall–Kier alpha value is -2.43. The third-order valence-electron chi connectivity index (χ3n) is 5.44. The predicted molar refractivity (Wildman–Crippen MR) is 119 cm³/mol. The van der Waals surface area contributed by atoms with Crippen molar-refractivity contribution >= 4 is 17.5 Å². The molecule has 0 bridgehead atoms. The van der Waals surface area contributed by atoms with E-state index in [1.165, 1.54) is 35.9 Å². The van der Waals surface area contributed by atoms with Crippen LogP contribution in [0, 0.1) is 27.7 Å². The van der Waals surface area contributed by atoms with Gasteiger partial charge in [-0.05, 0) is 63.3 Å². The molecule has 5 nitrogen and oxygen atoms in total. The normalized spacial score (nSPS) is 10.9. The van der Waals surface area contributed by atoms with Crippen molar-refractivity contribution in [3.8, 4) is 0 Å². The zero-order valence-electron chi connectivity index (χ0n) is 18.6. The van der Waals surface area contributed by atoms with E-state index in [0.717, 1.165) is 41.0 Å². The zero-order valence-corrected chi connectivity index (χ0v) is 18.6. The number of carbonyl (C=O) groups excluding carboxylic acids is 2. The van der Waals surface area contributed by atoms with Crippen LogP contribution in [0.4, 0.5) is 5.69 Å². The van der Waals surface area contributed by atoms with Gasteiger partial charge in [0.15, 0.2) is 0 Å². The Morgan fingerprint density at radius 3 is 2.45 bits per heavy atom. The predicted octanol–water partition coefficient (Wildman–Crippen LogP) is 5.69. The third kappa shape index (κ3) is 6.55. The third-order valence-corrected chi connectivity index (χ3v) is 5.44. The summed E-state index contributed by atoms with van der Waals surface area (Å²) in [5.41, 5.74) is 5.92. The number of amides is 1. The van der Waals surface area contributed by atoms with Crippen LogP contribution < -0.4 is 5.32 Å². The summed E-state index contributed by atoms with van der Waals surface area (Å²) in [6, 6.07) is 5.94. The molecule has 1 heterocycles. The minimum absolute atomic E-state index is 0.126. The SMILES string of the molecule is CCCCCCCc1c(C)nn(C(=O)CCC(=O)Nc2cc(C)ccc2C)c1C. The molecule has 1 N–H and O–H groups in total. The Morgan fingerprint density at radius 1 is 1.00 bits per heavy atom. The van der Waals surface area contributed by atoms with E-state index in [4.69, 9.17) is 0 Å². The lowest BCUT2D eigenvalue weighted by atomic mass is 10.0. The second-order valence-corrected chi connectivity index (χ2v) is 7.99. The Morgan fingerprint density at radius 2 is 1.72 bits per heavy atom. The van der Waals surface area contributed by atoms with Gasteiger partial charge in [0.2, 0.25) is 11.8 Å². The van der Waals surface area contributed by atoms with Crippen LogP contribution in [-0.4, -0.2) is 21.6 Å². The Bertz CT molecular complexity index is 852. The van der Waals surface area contributed by atoms with E-state index in [-0.39, 0.29) is 24.7 Å². The molecule has 0 aliphatic carbocycles. The molecule has 0 unspecified atom stereocenters. The van der Waals surface area contributed by atoms with Crippen molar-refractivity contribution < 1.29 is 9.59 Å². The summed E-state index contributed by atoms with van der Waals surface area (Å²) >= 11 is 0. The maximum Gasteiger partial charge on any atom is 0.247 e. The minimum atomic E-state index is -0.148. The largest absolute Gasteiger partial charge is 0.326 e. The van der Waals surface area contributed by atoms with Gasteiger partial charge in [0.25, 0.3) is 0 Å². The molecule has 0 aliphatic heterocycles. The Labute approximate surface area is 174 Å². The number of rotatable bonds is 10. The van der Waals surface area contributed by atoms with Gasteiger partial charge in [-0.1, -0.05) is 44.7 Å². The van der Waals surface area contributed by atoms with Crippen molar-refractivity contribution in [1.29, 1.82) is 0 Å². The summed E-state index contributed by atoms with van der Waals surface area (Å²) in [6.07, 6.45) is 7.37. The van der Waals surface area contributed by atoms with Crippen LogP contribution in [0.1, 0.15) is 84.7 Å². The summed E-state index contributed by atoms with van der Waals surface area (Å²) in [6.45, 7) is 10.1. The smallest absolute Gasteiger partial charge is 0.247 e. The summed E-state index contributed by atoms with van der Waals surface area (Å²) in [4.78, 5) is 24.9.